The van der Waals surface area contributed by atoms with Crippen LogP contribution in [-0.2, 0) is 15.9 Å². The SMILES string of the molecule is CCC(C)(OC)c1noc(C2(O)CCNC2)n1. The van der Waals surface area contributed by atoms with Crippen LogP contribution in [0.1, 0.15) is 38.4 Å². The van der Waals surface area contributed by atoms with Crippen LogP contribution < -0.4 is 5.32 Å². The number of ether oxygens (including phenoxy) is 1. The van der Waals surface area contributed by atoms with E-state index in [1.165, 1.54) is 0 Å². The van der Waals surface area contributed by atoms with Gasteiger partial charge in [0.25, 0.3) is 5.89 Å². The molecule has 1 aliphatic heterocycles. The van der Waals surface area contributed by atoms with Crippen LogP contribution in [0.5, 0.6) is 0 Å². The fourth-order valence-corrected chi connectivity index (χ4v) is 1.88. The summed E-state index contributed by atoms with van der Waals surface area (Å²) >= 11 is 0. The van der Waals surface area contributed by atoms with Crippen LogP contribution in [0.3, 0.4) is 0 Å². The summed E-state index contributed by atoms with van der Waals surface area (Å²) in [7, 11) is 1.62. The maximum atomic E-state index is 10.3. The molecular formula is C11H19N3O3. The zero-order valence-electron chi connectivity index (χ0n) is 10.5. The zero-order valence-corrected chi connectivity index (χ0v) is 10.5. The van der Waals surface area contributed by atoms with Crippen molar-refractivity contribution in [2.24, 2.45) is 0 Å². The lowest BCUT2D eigenvalue weighted by molar-refractivity contribution is -0.0106. The lowest BCUT2D eigenvalue weighted by Crippen LogP contribution is -2.30. The van der Waals surface area contributed by atoms with Crippen LogP contribution in [0.25, 0.3) is 0 Å². The molecule has 2 rings (SSSR count). The van der Waals surface area contributed by atoms with E-state index in [-0.39, 0.29) is 5.89 Å². The Bertz CT molecular complexity index is 363. The third kappa shape index (κ3) is 2.08. The summed E-state index contributed by atoms with van der Waals surface area (Å²) in [5, 5.41) is 17.3. The Morgan fingerprint density at radius 3 is 2.94 bits per heavy atom. The first-order valence-corrected chi connectivity index (χ1v) is 5.87. The number of aromatic nitrogens is 2. The molecule has 2 atom stereocenters. The second kappa shape index (κ2) is 4.36. The standard InChI is InChI=1S/C11H19N3O3/c1-4-10(2,16-3)8-13-9(17-14-8)11(15)5-6-12-7-11/h12,15H,4-7H2,1-3H3. The Hall–Kier alpha value is -0.980. The third-order valence-electron chi connectivity index (χ3n) is 3.56. The van der Waals surface area contributed by atoms with E-state index in [4.69, 9.17) is 9.26 Å². The average molecular weight is 241 g/mol. The summed E-state index contributed by atoms with van der Waals surface area (Å²) in [6.45, 7) is 5.10. The van der Waals surface area contributed by atoms with Gasteiger partial charge in [-0.05, 0) is 26.3 Å². The Labute approximate surface area is 100 Å². The zero-order chi connectivity index (χ0) is 12.5. The van der Waals surface area contributed by atoms with Gasteiger partial charge in [0, 0.05) is 13.7 Å². The number of rotatable bonds is 4. The molecule has 6 heteroatoms. The van der Waals surface area contributed by atoms with Crippen LogP contribution in [0, 0.1) is 0 Å². The van der Waals surface area contributed by atoms with Gasteiger partial charge >= 0.3 is 0 Å². The third-order valence-corrected chi connectivity index (χ3v) is 3.56. The van der Waals surface area contributed by atoms with E-state index >= 15 is 0 Å². The fraction of sp³-hybridized carbons (Fsp3) is 0.818. The van der Waals surface area contributed by atoms with Crippen molar-refractivity contribution in [2.75, 3.05) is 20.2 Å². The van der Waals surface area contributed by atoms with Crippen molar-refractivity contribution in [2.45, 2.75) is 37.9 Å². The number of hydrogen-bond acceptors (Lipinski definition) is 6. The molecule has 0 spiro atoms. The van der Waals surface area contributed by atoms with Crippen molar-refractivity contribution in [1.29, 1.82) is 0 Å². The number of hydrogen-bond donors (Lipinski definition) is 2. The van der Waals surface area contributed by atoms with Crippen molar-refractivity contribution in [1.82, 2.24) is 15.5 Å². The van der Waals surface area contributed by atoms with Crippen molar-refractivity contribution in [3.8, 4) is 0 Å². The van der Waals surface area contributed by atoms with Crippen LogP contribution in [-0.4, -0.2) is 35.4 Å². The first kappa shape index (κ1) is 12.5. The molecule has 2 N–H and O–H groups in total. The van der Waals surface area contributed by atoms with E-state index in [0.717, 1.165) is 13.0 Å². The van der Waals surface area contributed by atoms with E-state index < -0.39 is 11.2 Å². The van der Waals surface area contributed by atoms with Crippen molar-refractivity contribution < 1.29 is 14.4 Å². The van der Waals surface area contributed by atoms with Crippen molar-refractivity contribution in [3.05, 3.63) is 11.7 Å². The highest BCUT2D eigenvalue weighted by Crippen LogP contribution is 2.30. The number of nitrogens with zero attached hydrogens (tertiary/aromatic N) is 2. The molecule has 2 unspecified atom stereocenters. The fourth-order valence-electron chi connectivity index (χ4n) is 1.88. The van der Waals surface area contributed by atoms with Gasteiger partial charge in [-0.1, -0.05) is 12.1 Å². The number of aliphatic hydroxyl groups is 1. The molecule has 1 aromatic rings. The number of β-amino-alcohol motifs (C(OH)–C–C–N with tert-alkyl or cyclic N) is 1. The summed E-state index contributed by atoms with van der Waals surface area (Å²) in [4.78, 5) is 4.28. The Morgan fingerprint density at radius 1 is 1.65 bits per heavy atom. The van der Waals surface area contributed by atoms with E-state index in [1.807, 2.05) is 13.8 Å². The van der Waals surface area contributed by atoms with Crippen LogP contribution in [0.15, 0.2) is 4.52 Å². The second-order valence-electron chi connectivity index (χ2n) is 4.67. The minimum absolute atomic E-state index is 0.272. The largest absolute Gasteiger partial charge is 0.379 e. The molecule has 0 aliphatic carbocycles. The molecule has 0 amide bonds. The van der Waals surface area contributed by atoms with Crippen molar-refractivity contribution in [3.63, 3.8) is 0 Å². The molecule has 2 heterocycles. The van der Waals surface area contributed by atoms with Gasteiger partial charge in [0.15, 0.2) is 5.60 Å². The lowest BCUT2D eigenvalue weighted by Gasteiger charge is -2.22. The van der Waals surface area contributed by atoms with Crippen LogP contribution in [0.2, 0.25) is 0 Å². The molecule has 1 saturated heterocycles. The summed E-state index contributed by atoms with van der Waals surface area (Å²) in [5.74, 6) is 0.757. The monoisotopic (exact) mass is 241 g/mol. The topological polar surface area (TPSA) is 80.4 Å². The van der Waals surface area contributed by atoms with Gasteiger partial charge in [-0.15, -0.1) is 0 Å². The number of methoxy groups -OCH3 is 1. The summed E-state index contributed by atoms with van der Waals surface area (Å²) < 4.78 is 10.6. The van der Waals surface area contributed by atoms with Gasteiger partial charge in [-0.2, -0.15) is 4.98 Å². The predicted octanol–water partition coefficient (Wildman–Crippen LogP) is 0.522. The average Bonchev–Trinajstić information content (AvgIpc) is 2.97. The molecule has 6 nitrogen and oxygen atoms in total. The van der Waals surface area contributed by atoms with E-state index in [2.05, 4.69) is 15.5 Å². The molecule has 0 aromatic carbocycles. The minimum atomic E-state index is -1.03. The lowest BCUT2D eigenvalue weighted by atomic mass is 10.0. The highest BCUT2D eigenvalue weighted by atomic mass is 16.5. The van der Waals surface area contributed by atoms with Gasteiger partial charge in [0.05, 0.1) is 0 Å². The molecule has 1 aromatic heterocycles. The van der Waals surface area contributed by atoms with Gasteiger partial charge < -0.3 is 19.7 Å². The summed E-state index contributed by atoms with van der Waals surface area (Å²) in [5.41, 5.74) is -1.60. The first-order chi connectivity index (χ1) is 8.04. The normalized spacial score (nSPS) is 28.2. The van der Waals surface area contributed by atoms with Gasteiger partial charge in [-0.3, -0.25) is 0 Å². The van der Waals surface area contributed by atoms with Crippen LogP contribution in [0.4, 0.5) is 0 Å². The molecule has 0 saturated carbocycles. The van der Waals surface area contributed by atoms with Crippen molar-refractivity contribution >= 4 is 0 Å². The Kier molecular flexibility index (Phi) is 3.20. The Morgan fingerprint density at radius 2 is 2.41 bits per heavy atom. The summed E-state index contributed by atoms with van der Waals surface area (Å²) in [6.07, 6.45) is 1.32. The smallest absolute Gasteiger partial charge is 0.260 e. The predicted molar refractivity (Wildman–Crippen MR) is 60.3 cm³/mol. The highest BCUT2D eigenvalue weighted by Gasteiger charge is 2.40. The van der Waals surface area contributed by atoms with Gasteiger partial charge in [-0.25, -0.2) is 0 Å². The minimum Gasteiger partial charge on any atom is -0.379 e. The van der Waals surface area contributed by atoms with E-state index in [9.17, 15) is 5.11 Å². The number of nitrogens with one attached hydrogen (secondary N) is 1. The highest BCUT2D eigenvalue weighted by molar-refractivity contribution is 5.07. The van der Waals surface area contributed by atoms with Crippen LogP contribution >= 0.6 is 0 Å². The molecule has 0 bridgehead atoms. The summed E-state index contributed by atoms with van der Waals surface area (Å²) in [6, 6.07) is 0. The van der Waals surface area contributed by atoms with Gasteiger partial charge in [0.1, 0.15) is 5.60 Å². The van der Waals surface area contributed by atoms with Gasteiger partial charge in [0.2, 0.25) is 5.82 Å². The molecule has 96 valence electrons. The molecular weight excluding hydrogens is 222 g/mol. The quantitative estimate of drug-likeness (QED) is 0.800. The second-order valence-corrected chi connectivity index (χ2v) is 4.67. The first-order valence-electron chi connectivity index (χ1n) is 5.87. The molecule has 1 aliphatic rings. The Balaban J connectivity index is 2.27. The molecule has 0 radical (unpaired) electrons. The molecule has 17 heavy (non-hydrogen) atoms. The maximum Gasteiger partial charge on any atom is 0.260 e. The van der Waals surface area contributed by atoms with E-state index in [1.54, 1.807) is 7.11 Å². The molecule has 1 fully saturated rings. The van der Waals surface area contributed by atoms with E-state index in [0.29, 0.717) is 18.8 Å². The maximum absolute atomic E-state index is 10.3.